The van der Waals surface area contributed by atoms with E-state index >= 15 is 0 Å². The highest BCUT2D eigenvalue weighted by atomic mass is 79.9. The number of carbonyl (C=O) groups excluding carboxylic acids is 2. The smallest absolute Gasteiger partial charge is 0.239 e. The van der Waals surface area contributed by atoms with Crippen molar-refractivity contribution in [3.63, 3.8) is 0 Å². The zero-order chi connectivity index (χ0) is 26.7. The number of rotatable bonds is 5. The largest absolute Gasteiger partial charge is 0.494 e. The van der Waals surface area contributed by atoms with Crippen LogP contribution >= 0.6 is 15.9 Å². The van der Waals surface area contributed by atoms with Crippen molar-refractivity contribution >= 4 is 45.3 Å². The quantitative estimate of drug-likeness (QED) is 0.194. The van der Waals surface area contributed by atoms with Gasteiger partial charge in [0.2, 0.25) is 11.8 Å². The average molecular weight is 577 g/mol. The molecule has 4 atom stereocenters. The van der Waals surface area contributed by atoms with Gasteiger partial charge in [-0.2, -0.15) is 0 Å². The van der Waals surface area contributed by atoms with E-state index in [4.69, 9.17) is 9.73 Å². The minimum absolute atomic E-state index is 0.170. The Morgan fingerprint density at radius 2 is 1.69 bits per heavy atom. The van der Waals surface area contributed by atoms with Gasteiger partial charge in [-0.1, -0.05) is 70.5 Å². The van der Waals surface area contributed by atoms with E-state index in [1.165, 1.54) is 4.90 Å². The summed E-state index contributed by atoms with van der Waals surface area (Å²) in [6.07, 6.45) is 1.91. The van der Waals surface area contributed by atoms with Crippen molar-refractivity contribution in [1.29, 1.82) is 0 Å². The van der Waals surface area contributed by atoms with Crippen LogP contribution in [0.1, 0.15) is 35.1 Å². The van der Waals surface area contributed by atoms with Crippen molar-refractivity contribution in [1.82, 2.24) is 0 Å². The summed E-state index contributed by atoms with van der Waals surface area (Å²) < 4.78 is 6.52. The number of benzene rings is 4. The Labute approximate surface area is 235 Å². The molecule has 0 radical (unpaired) electrons. The maximum atomic E-state index is 14.5. The van der Waals surface area contributed by atoms with Crippen LogP contribution in [-0.2, 0) is 15.0 Å². The molecule has 0 N–H and O–H groups in total. The van der Waals surface area contributed by atoms with Crippen LogP contribution in [0.5, 0.6) is 5.75 Å². The molecular formula is C33H25BrN2O3. The van der Waals surface area contributed by atoms with E-state index in [1.807, 2.05) is 61.7 Å². The number of ether oxygens (including phenoxy) is 1. The number of hydrogen-bond donors (Lipinski definition) is 0. The molecule has 5 aliphatic carbocycles. The number of anilines is 1. The maximum Gasteiger partial charge on any atom is 0.239 e. The fraction of sp³-hybridized carbons (Fsp3) is 0.182. The number of imide groups is 1. The normalized spacial score (nSPS) is 24.6. The van der Waals surface area contributed by atoms with E-state index in [-0.39, 0.29) is 17.7 Å². The van der Waals surface area contributed by atoms with E-state index in [1.54, 1.807) is 12.1 Å². The van der Waals surface area contributed by atoms with E-state index < -0.39 is 17.3 Å². The molecule has 6 aliphatic rings. The van der Waals surface area contributed by atoms with Crippen LogP contribution in [0.3, 0.4) is 0 Å². The fourth-order valence-electron chi connectivity index (χ4n) is 6.77. The summed E-state index contributed by atoms with van der Waals surface area (Å²) in [7, 11) is 0. The molecule has 4 aromatic carbocycles. The van der Waals surface area contributed by atoms with Gasteiger partial charge in [-0.25, -0.2) is 4.90 Å². The first-order valence-corrected chi connectivity index (χ1v) is 13.9. The van der Waals surface area contributed by atoms with Crippen LogP contribution < -0.4 is 9.64 Å². The lowest BCUT2D eigenvalue weighted by Crippen LogP contribution is -2.51. The molecular weight excluding hydrogens is 552 g/mol. The molecule has 0 aromatic heterocycles. The summed E-state index contributed by atoms with van der Waals surface area (Å²) in [6.45, 7) is 2.47. The van der Waals surface area contributed by atoms with Gasteiger partial charge in [-0.3, -0.25) is 14.6 Å². The predicted octanol–water partition coefficient (Wildman–Crippen LogP) is 6.80. The Morgan fingerprint density at radius 3 is 2.44 bits per heavy atom. The van der Waals surface area contributed by atoms with Crippen LogP contribution in [-0.4, -0.2) is 24.6 Å². The van der Waals surface area contributed by atoms with Crippen LogP contribution in [0, 0.1) is 11.8 Å². The Kier molecular flexibility index (Phi) is 5.56. The Bertz CT molecular complexity index is 1650. The molecule has 1 saturated heterocycles. The highest BCUT2D eigenvalue weighted by Gasteiger charge is 2.65. The van der Waals surface area contributed by atoms with Gasteiger partial charge in [-0.05, 0) is 71.6 Å². The van der Waals surface area contributed by atoms with Crippen molar-refractivity contribution in [3.05, 3.63) is 124 Å². The third-order valence-corrected chi connectivity index (χ3v) is 8.81. The Balaban J connectivity index is 1.46. The van der Waals surface area contributed by atoms with Gasteiger partial charge in [0.05, 0.1) is 35.2 Å². The van der Waals surface area contributed by atoms with Crippen molar-refractivity contribution in [2.75, 3.05) is 11.5 Å². The highest BCUT2D eigenvalue weighted by molar-refractivity contribution is 9.10. The van der Waals surface area contributed by atoms with Crippen LogP contribution in [0.25, 0.3) is 0 Å². The summed E-state index contributed by atoms with van der Waals surface area (Å²) in [5.74, 6) is -1.07. The molecule has 6 heteroatoms. The lowest BCUT2D eigenvalue weighted by atomic mass is 9.52. The SMILES string of the molecule is CCOc1ccc(N2C(=O)[C@@H]3[C@H]4c5ccc(cc5)[C@@](C=Nc5cccc(Br)c5)(c5ccccc54)[C@@H]3C2=O)cc1. The van der Waals surface area contributed by atoms with Gasteiger partial charge in [0.15, 0.2) is 0 Å². The minimum atomic E-state index is -0.911. The Morgan fingerprint density at radius 1 is 0.923 bits per heavy atom. The second-order valence-corrected chi connectivity index (χ2v) is 11.2. The van der Waals surface area contributed by atoms with Gasteiger partial charge >= 0.3 is 0 Å². The summed E-state index contributed by atoms with van der Waals surface area (Å²) in [4.78, 5) is 35.2. The van der Waals surface area contributed by atoms with E-state index in [9.17, 15) is 9.59 Å². The van der Waals surface area contributed by atoms with Crippen LogP contribution in [0.15, 0.2) is 107 Å². The standard InChI is InChI=1S/C33H25BrN2O3/c1-2-39-25-16-14-24(15-17-25)36-31(37)29-28-20-10-12-21(13-11-20)33(30(29)32(36)38,27-9-4-3-8-26(27)28)19-35-23-7-5-6-22(34)18-23/h3-19,28-30H,2H2,1H3/t28-,29+,30-,33-/m0/s1. The number of amides is 2. The van der Waals surface area contributed by atoms with Gasteiger partial charge in [0.1, 0.15) is 5.75 Å². The van der Waals surface area contributed by atoms with Gasteiger partial charge in [0, 0.05) is 16.6 Å². The molecule has 1 aliphatic heterocycles. The van der Waals surface area contributed by atoms with Gasteiger partial charge in [0.25, 0.3) is 0 Å². The second-order valence-electron chi connectivity index (χ2n) is 10.2. The maximum absolute atomic E-state index is 14.5. The van der Waals surface area contributed by atoms with Crippen molar-refractivity contribution in [2.24, 2.45) is 16.8 Å². The van der Waals surface area contributed by atoms with Crippen molar-refractivity contribution in [3.8, 4) is 5.75 Å². The molecule has 4 bridgehead atoms. The topological polar surface area (TPSA) is 59.0 Å². The molecule has 4 aromatic rings. The predicted molar refractivity (Wildman–Crippen MR) is 155 cm³/mol. The number of aliphatic imine (C=N–C) groups is 1. The molecule has 1 fully saturated rings. The zero-order valence-corrected chi connectivity index (χ0v) is 22.8. The summed E-state index contributed by atoms with van der Waals surface area (Å²) in [5.41, 5.74) is 4.54. The highest BCUT2D eigenvalue weighted by Crippen LogP contribution is 2.60. The fourth-order valence-corrected chi connectivity index (χ4v) is 7.16. The monoisotopic (exact) mass is 576 g/mol. The third-order valence-electron chi connectivity index (χ3n) is 8.32. The van der Waals surface area contributed by atoms with Crippen LogP contribution in [0.2, 0.25) is 0 Å². The number of carbonyl (C=O) groups is 2. The molecule has 0 spiro atoms. The van der Waals surface area contributed by atoms with Crippen molar-refractivity contribution in [2.45, 2.75) is 18.3 Å². The zero-order valence-electron chi connectivity index (χ0n) is 21.3. The summed E-state index contributed by atoms with van der Waals surface area (Å²) in [6, 6.07) is 31.6. The first-order chi connectivity index (χ1) is 19.0. The first kappa shape index (κ1) is 24.0. The number of hydrogen-bond acceptors (Lipinski definition) is 4. The minimum Gasteiger partial charge on any atom is -0.494 e. The summed E-state index contributed by atoms with van der Waals surface area (Å²) >= 11 is 3.54. The molecule has 0 saturated carbocycles. The second kappa shape index (κ2) is 9.02. The van der Waals surface area contributed by atoms with Gasteiger partial charge in [-0.15, -0.1) is 0 Å². The molecule has 2 amide bonds. The molecule has 192 valence electrons. The van der Waals surface area contributed by atoms with E-state index in [2.05, 4.69) is 52.3 Å². The average Bonchev–Trinajstić information content (AvgIpc) is 3.20. The van der Waals surface area contributed by atoms with E-state index in [0.717, 1.165) is 32.4 Å². The molecule has 5 nitrogen and oxygen atoms in total. The Hall–Kier alpha value is -4.03. The lowest BCUT2D eigenvalue weighted by Gasteiger charge is -2.48. The molecule has 0 unspecified atom stereocenters. The third kappa shape index (κ3) is 3.47. The number of halogens is 1. The summed E-state index contributed by atoms with van der Waals surface area (Å²) in [5, 5.41) is 0. The van der Waals surface area contributed by atoms with Crippen molar-refractivity contribution < 1.29 is 14.3 Å². The molecule has 10 rings (SSSR count). The van der Waals surface area contributed by atoms with Gasteiger partial charge < -0.3 is 4.74 Å². The first-order valence-electron chi connectivity index (χ1n) is 13.1. The number of nitrogens with zero attached hydrogens (tertiary/aromatic N) is 2. The van der Waals surface area contributed by atoms with Crippen LogP contribution in [0.4, 0.5) is 11.4 Å². The molecule has 1 heterocycles. The molecule has 39 heavy (non-hydrogen) atoms. The van der Waals surface area contributed by atoms with E-state index in [0.29, 0.717) is 18.0 Å². The lowest BCUT2D eigenvalue weighted by molar-refractivity contribution is -0.122.